The highest BCUT2D eigenvalue weighted by atomic mass is 32.2. The van der Waals surface area contributed by atoms with Gasteiger partial charge in [-0.05, 0) is 54.6 Å². The number of sulfonamides is 1. The minimum absolute atomic E-state index is 0.0864. The number of amides is 1. The average Bonchev–Trinajstić information content (AvgIpc) is 3.26. The summed E-state index contributed by atoms with van der Waals surface area (Å²) in [4.78, 5) is 12.5. The van der Waals surface area contributed by atoms with Crippen LogP contribution in [0.3, 0.4) is 0 Å². The molecule has 32 heavy (non-hydrogen) atoms. The first kappa shape index (κ1) is 23.4. The molecule has 0 aliphatic rings. The van der Waals surface area contributed by atoms with Crippen molar-refractivity contribution in [3.63, 3.8) is 0 Å². The number of alkyl halides is 3. The molecule has 0 saturated carbocycles. The van der Waals surface area contributed by atoms with E-state index >= 15 is 0 Å². The van der Waals surface area contributed by atoms with Gasteiger partial charge in [0.05, 0.1) is 36.9 Å². The number of carbonyl (C=O) groups excluding carboxylic acids is 1. The van der Waals surface area contributed by atoms with Gasteiger partial charge in [-0.15, -0.1) is 0 Å². The van der Waals surface area contributed by atoms with Crippen molar-refractivity contribution < 1.29 is 35.5 Å². The first-order chi connectivity index (χ1) is 15.1. The van der Waals surface area contributed by atoms with Gasteiger partial charge < -0.3 is 14.5 Å². The fourth-order valence-electron chi connectivity index (χ4n) is 2.83. The number of rotatable bonds is 8. The van der Waals surface area contributed by atoms with E-state index in [1.54, 1.807) is 12.1 Å². The van der Waals surface area contributed by atoms with Crippen molar-refractivity contribution in [2.24, 2.45) is 0 Å². The zero-order chi connectivity index (χ0) is 23.4. The third kappa shape index (κ3) is 5.68. The number of hydrogen-bond donors (Lipinski definition) is 1. The number of hydrogen-bond acceptors (Lipinski definition) is 5. The summed E-state index contributed by atoms with van der Waals surface area (Å²) < 4.78 is 76.1. The number of nitrogens with zero attached hydrogens (tertiary/aromatic N) is 1. The van der Waals surface area contributed by atoms with Crippen LogP contribution in [-0.4, -0.2) is 32.3 Å². The Kier molecular flexibility index (Phi) is 6.90. The van der Waals surface area contributed by atoms with Gasteiger partial charge in [-0.3, -0.25) is 4.79 Å². The predicted octanol–water partition coefficient (Wildman–Crippen LogP) is 4.14. The van der Waals surface area contributed by atoms with Gasteiger partial charge in [0, 0.05) is 5.69 Å². The lowest BCUT2D eigenvalue weighted by atomic mass is 10.2. The third-order valence-electron chi connectivity index (χ3n) is 4.40. The summed E-state index contributed by atoms with van der Waals surface area (Å²) in [5.74, 6) is -0.0780. The number of furan rings is 1. The molecule has 0 radical (unpaired) electrons. The molecule has 1 amide bonds. The minimum Gasteiger partial charge on any atom is -0.497 e. The van der Waals surface area contributed by atoms with Crippen LogP contribution in [0.25, 0.3) is 0 Å². The van der Waals surface area contributed by atoms with Crippen molar-refractivity contribution in [3.8, 4) is 5.75 Å². The number of halogens is 3. The van der Waals surface area contributed by atoms with Crippen LogP contribution in [0.4, 0.5) is 18.9 Å². The van der Waals surface area contributed by atoms with Crippen molar-refractivity contribution >= 4 is 21.6 Å². The van der Waals surface area contributed by atoms with Gasteiger partial charge in [0.15, 0.2) is 0 Å². The summed E-state index contributed by atoms with van der Waals surface area (Å²) in [6.07, 6.45) is -3.22. The van der Waals surface area contributed by atoms with Gasteiger partial charge in [0.1, 0.15) is 11.5 Å². The SMILES string of the molecule is COc1ccc(S(=O)(=O)N(CC(=O)Nc2cccc(C(F)(F)F)c2)Cc2ccco2)cc1. The topological polar surface area (TPSA) is 88.9 Å². The lowest BCUT2D eigenvalue weighted by molar-refractivity contribution is -0.137. The predicted molar refractivity (Wildman–Crippen MR) is 109 cm³/mol. The monoisotopic (exact) mass is 468 g/mol. The van der Waals surface area contributed by atoms with E-state index in [9.17, 15) is 26.4 Å². The van der Waals surface area contributed by atoms with Crippen molar-refractivity contribution in [1.82, 2.24) is 4.31 Å². The Bertz CT molecular complexity index is 1160. The summed E-state index contributed by atoms with van der Waals surface area (Å²) in [6, 6.07) is 12.7. The van der Waals surface area contributed by atoms with E-state index < -0.39 is 34.2 Å². The summed E-state index contributed by atoms with van der Waals surface area (Å²) in [5, 5.41) is 2.31. The molecule has 1 aromatic heterocycles. The van der Waals surface area contributed by atoms with Crippen LogP contribution in [0, 0.1) is 0 Å². The number of nitrogens with one attached hydrogen (secondary N) is 1. The van der Waals surface area contributed by atoms with Gasteiger partial charge >= 0.3 is 6.18 Å². The van der Waals surface area contributed by atoms with E-state index in [0.717, 1.165) is 22.5 Å². The fraction of sp³-hybridized carbons (Fsp3) is 0.190. The molecule has 3 aromatic rings. The summed E-state index contributed by atoms with van der Waals surface area (Å²) in [6.45, 7) is -0.900. The van der Waals surface area contributed by atoms with Crippen molar-refractivity contribution in [1.29, 1.82) is 0 Å². The summed E-state index contributed by atoms with van der Waals surface area (Å²) in [5.41, 5.74) is -1.04. The molecular formula is C21H19F3N2O5S. The zero-order valence-corrected chi connectivity index (χ0v) is 17.6. The first-order valence-electron chi connectivity index (χ1n) is 9.23. The Morgan fingerprint density at radius 2 is 1.81 bits per heavy atom. The van der Waals surface area contributed by atoms with Gasteiger partial charge in [0.2, 0.25) is 15.9 Å². The van der Waals surface area contributed by atoms with Crippen LogP contribution in [0.15, 0.2) is 76.2 Å². The highest BCUT2D eigenvalue weighted by molar-refractivity contribution is 7.89. The lowest BCUT2D eigenvalue weighted by Gasteiger charge is -2.21. The maximum atomic E-state index is 13.1. The third-order valence-corrected chi connectivity index (χ3v) is 6.21. The highest BCUT2D eigenvalue weighted by Crippen LogP contribution is 2.30. The van der Waals surface area contributed by atoms with Crippen LogP contribution in [0.1, 0.15) is 11.3 Å². The Balaban J connectivity index is 1.83. The second-order valence-corrected chi connectivity index (χ2v) is 8.59. The fourth-order valence-corrected chi connectivity index (χ4v) is 4.20. The maximum Gasteiger partial charge on any atom is 0.416 e. The molecule has 1 N–H and O–H groups in total. The standard InChI is InChI=1S/C21H19F3N2O5S/c1-30-17-7-9-19(10-8-17)32(28,29)26(13-18-6-3-11-31-18)14-20(27)25-16-5-2-4-15(12-16)21(22,23)24/h2-12H,13-14H2,1H3,(H,25,27). The quantitative estimate of drug-likeness (QED) is 0.537. The molecule has 170 valence electrons. The molecule has 2 aromatic carbocycles. The Labute approximate surface area is 182 Å². The molecular weight excluding hydrogens is 449 g/mol. The largest absolute Gasteiger partial charge is 0.497 e. The molecule has 1 heterocycles. The molecule has 0 aliphatic carbocycles. The second kappa shape index (κ2) is 9.45. The van der Waals surface area contributed by atoms with E-state index in [4.69, 9.17) is 9.15 Å². The molecule has 0 bridgehead atoms. The summed E-state index contributed by atoms with van der Waals surface area (Å²) >= 11 is 0. The van der Waals surface area contributed by atoms with Crippen LogP contribution in [-0.2, 0) is 27.5 Å². The second-order valence-electron chi connectivity index (χ2n) is 6.65. The van der Waals surface area contributed by atoms with E-state index in [1.807, 2.05) is 0 Å². The van der Waals surface area contributed by atoms with Crippen LogP contribution >= 0.6 is 0 Å². The summed E-state index contributed by atoms with van der Waals surface area (Å²) in [7, 11) is -2.71. The smallest absolute Gasteiger partial charge is 0.416 e. The molecule has 3 rings (SSSR count). The first-order valence-corrected chi connectivity index (χ1v) is 10.7. The molecule has 11 heteroatoms. The van der Waals surface area contributed by atoms with Gasteiger partial charge in [-0.25, -0.2) is 8.42 Å². The molecule has 0 saturated heterocycles. The molecule has 0 atom stereocenters. The molecule has 0 unspecified atom stereocenters. The number of methoxy groups -OCH3 is 1. The van der Waals surface area contributed by atoms with Gasteiger partial charge in [-0.2, -0.15) is 17.5 Å². The van der Waals surface area contributed by atoms with E-state index in [-0.39, 0.29) is 22.9 Å². The van der Waals surface area contributed by atoms with Crippen molar-refractivity contribution in [3.05, 3.63) is 78.3 Å². The number of benzene rings is 2. The lowest BCUT2D eigenvalue weighted by Crippen LogP contribution is -2.37. The van der Waals surface area contributed by atoms with Crippen LogP contribution in [0.2, 0.25) is 0 Å². The number of anilines is 1. The van der Waals surface area contributed by atoms with E-state index in [0.29, 0.717) is 5.75 Å². The molecule has 0 aliphatic heterocycles. The van der Waals surface area contributed by atoms with Gasteiger partial charge in [-0.1, -0.05) is 6.07 Å². The zero-order valence-electron chi connectivity index (χ0n) is 16.8. The highest BCUT2D eigenvalue weighted by Gasteiger charge is 2.31. The number of carbonyl (C=O) groups is 1. The van der Waals surface area contributed by atoms with Crippen molar-refractivity contribution in [2.75, 3.05) is 19.0 Å². The Morgan fingerprint density at radius 1 is 1.09 bits per heavy atom. The molecule has 0 fully saturated rings. The van der Waals surface area contributed by atoms with E-state index in [1.165, 1.54) is 43.7 Å². The van der Waals surface area contributed by atoms with Crippen LogP contribution in [0.5, 0.6) is 5.75 Å². The molecule has 0 spiro atoms. The molecule has 7 nitrogen and oxygen atoms in total. The minimum atomic E-state index is -4.58. The van der Waals surface area contributed by atoms with Crippen molar-refractivity contribution in [2.45, 2.75) is 17.6 Å². The van der Waals surface area contributed by atoms with E-state index in [2.05, 4.69) is 5.32 Å². The van der Waals surface area contributed by atoms with Gasteiger partial charge in [0.25, 0.3) is 0 Å². The Morgan fingerprint density at radius 3 is 2.41 bits per heavy atom. The number of ether oxygens (including phenoxy) is 1. The normalized spacial score (nSPS) is 12.0. The average molecular weight is 468 g/mol. The Hall–Kier alpha value is -3.31. The maximum absolute atomic E-state index is 13.1. The van der Waals surface area contributed by atoms with Crippen LogP contribution < -0.4 is 10.1 Å².